The molecule has 2 bridgehead atoms. The van der Waals surface area contributed by atoms with Crippen molar-refractivity contribution in [2.45, 2.75) is 25.3 Å². The van der Waals surface area contributed by atoms with Crippen LogP contribution in [0.3, 0.4) is 0 Å². The number of rotatable bonds is 2. The highest BCUT2D eigenvalue weighted by molar-refractivity contribution is 5.86. The van der Waals surface area contributed by atoms with Crippen molar-refractivity contribution < 1.29 is 4.79 Å². The molecule has 0 spiro atoms. The Morgan fingerprint density at radius 3 is 2.45 bits per heavy atom. The van der Waals surface area contributed by atoms with Crippen LogP contribution in [0.2, 0.25) is 0 Å². The molecule has 0 aromatic rings. The molecular formula is C8H14N2O. The molecule has 1 atom stereocenters. The third-order valence-electron chi connectivity index (χ3n) is 3.91. The molecule has 3 N–H and O–H groups in total. The first-order valence-corrected chi connectivity index (χ1v) is 4.06. The van der Waals surface area contributed by atoms with E-state index >= 15 is 0 Å². The van der Waals surface area contributed by atoms with Crippen molar-refractivity contribution in [1.29, 1.82) is 0 Å². The third kappa shape index (κ3) is 0.495. The van der Waals surface area contributed by atoms with E-state index in [1.54, 1.807) is 0 Å². The van der Waals surface area contributed by atoms with Gasteiger partial charge in [-0.15, -0.1) is 0 Å². The Morgan fingerprint density at radius 2 is 2.18 bits per heavy atom. The van der Waals surface area contributed by atoms with Gasteiger partial charge in [0.2, 0.25) is 5.91 Å². The lowest BCUT2D eigenvalue weighted by molar-refractivity contribution is -0.214. The minimum absolute atomic E-state index is 0.109. The zero-order valence-corrected chi connectivity index (χ0v) is 6.98. The summed E-state index contributed by atoms with van der Waals surface area (Å²) in [5, 5.41) is 3.27. The summed E-state index contributed by atoms with van der Waals surface area (Å²) >= 11 is 0. The molecular weight excluding hydrogens is 140 g/mol. The molecule has 0 saturated heterocycles. The van der Waals surface area contributed by atoms with Crippen LogP contribution in [0.1, 0.15) is 19.8 Å². The molecule has 11 heavy (non-hydrogen) atoms. The van der Waals surface area contributed by atoms with Gasteiger partial charge in [-0.25, -0.2) is 0 Å². The van der Waals surface area contributed by atoms with Crippen molar-refractivity contribution in [3.05, 3.63) is 0 Å². The van der Waals surface area contributed by atoms with Crippen LogP contribution < -0.4 is 11.1 Å². The topological polar surface area (TPSA) is 55.1 Å². The van der Waals surface area contributed by atoms with Gasteiger partial charge < -0.3 is 11.1 Å². The van der Waals surface area contributed by atoms with Gasteiger partial charge in [0.25, 0.3) is 0 Å². The molecule has 0 heterocycles. The van der Waals surface area contributed by atoms with E-state index in [9.17, 15) is 4.79 Å². The van der Waals surface area contributed by atoms with Crippen molar-refractivity contribution in [3.8, 4) is 0 Å². The molecule has 0 unspecified atom stereocenters. The van der Waals surface area contributed by atoms with E-state index in [1.165, 1.54) is 0 Å². The van der Waals surface area contributed by atoms with E-state index in [0.717, 1.165) is 12.8 Å². The maximum atomic E-state index is 11.0. The quantitative estimate of drug-likeness (QED) is 0.581. The Kier molecular flexibility index (Phi) is 1.04. The number of carbonyl (C=O) groups excluding carboxylic acids is 1. The van der Waals surface area contributed by atoms with Gasteiger partial charge in [0.05, 0.1) is 5.41 Å². The number of nitrogens with one attached hydrogen (secondary N) is 1. The molecule has 3 fully saturated rings. The first-order chi connectivity index (χ1) is 5.07. The Balaban J connectivity index is 2.15. The lowest BCUT2D eigenvalue weighted by atomic mass is 9.33. The second-order valence-electron chi connectivity index (χ2n) is 4.00. The van der Waals surface area contributed by atoms with Gasteiger partial charge in [0.1, 0.15) is 0 Å². The van der Waals surface area contributed by atoms with E-state index < -0.39 is 0 Å². The first-order valence-electron chi connectivity index (χ1n) is 4.06. The van der Waals surface area contributed by atoms with Crippen LogP contribution in [-0.2, 0) is 4.79 Å². The van der Waals surface area contributed by atoms with E-state index in [0.29, 0.717) is 5.92 Å². The Hall–Kier alpha value is -0.570. The van der Waals surface area contributed by atoms with Crippen molar-refractivity contribution in [3.63, 3.8) is 0 Å². The molecule has 0 aliphatic heterocycles. The van der Waals surface area contributed by atoms with Gasteiger partial charge in [0, 0.05) is 5.54 Å². The van der Waals surface area contributed by atoms with Crippen molar-refractivity contribution >= 4 is 5.91 Å². The van der Waals surface area contributed by atoms with Crippen LogP contribution in [-0.4, -0.2) is 18.5 Å². The van der Waals surface area contributed by atoms with Gasteiger partial charge in [-0.2, -0.15) is 0 Å². The highest BCUT2D eigenvalue weighted by Crippen LogP contribution is 2.70. The minimum Gasteiger partial charge on any atom is -0.369 e. The number of nitrogens with two attached hydrogens (primary N) is 1. The van der Waals surface area contributed by atoms with Crippen LogP contribution in [0.25, 0.3) is 0 Å². The van der Waals surface area contributed by atoms with Crippen LogP contribution in [0, 0.1) is 11.3 Å². The molecule has 62 valence electrons. The summed E-state index contributed by atoms with van der Waals surface area (Å²) < 4.78 is 0. The molecule has 3 heteroatoms. The van der Waals surface area contributed by atoms with Crippen molar-refractivity contribution in [2.75, 3.05) is 7.05 Å². The summed E-state index contributed by atoms with van der Waals surface area (Å²) in [7, 11) is 1.96. The van der Waals surface area contributed by atoms with E-state index in [2.05, 4.69) is 12.2 Å². The van der Waals surface area contributed by atoms with Crippen molar-refractivity contribution in [1.82, 2.24) is 5.32 Å². The highest BCUT2D eigenvalue weighted by Gasteiger charge is 2.75. The minimum atomic E-state index is -0.136. The normalized spacial score (nSPS) is 52.7. The molecule has 0 aromatic heterocycles. The fourth-order valence-electron chi connectivity index (χ4n) is 2.73. The lowest BCUT2D eigenvalue weighted by Gasteiger charge is -2.74. The van der Waals surface area contributed by atoms with E-state index in [4.69, 9.17) is 5.73 Å². The Bertz CT molecular complexity index is 218. The molecule has 0 radical (unpaired) electrons. The Labute approximate surface area is 66.3 Å². The standard InChI is InChI=1S/C8H14N2O/c1-5-7(6(9)11)3-8(5,4-7)10-2/h5,10H,3-4H2,1-2H3,(H2,9,11)/t5-,7?,8?/m0/s1. The van der Waals surface area contributed by atoms with Crippen LogP contribution in [0.5, 0.6) is 0 Å². The third-order valence-corrected chi connectivity index (χ3v) is 3.91. The molecule has 3 rings (SSSR count). The average Bonchev–Trinajstić information content (AvgIpc) is 1.85. The second kappa shape index (κ2) is 1.61. The fraction of sp³-hybridized carbons (Fsp3) is 0.875. The van der Waals surface area contributed by atoms with Crippen molar-refractivity contribution in [2.24, 2.45) is 17.1 Å². The zero-order valence-electron chi connectivity index (χ0n) is 6.98. The summed E-state index contributed by atoms with van der Waals surface area (Å²) in [6.07, 6.45) is 1.90. The summed E-state index contributed by atoms with van der Waals surface area (Å²) in [6, 6.07) is 0. The highest BCUT2D eigenvalue weighted by atomic mass is 16.1. The van der Waals surface area contributed by atoms with Crippen LogP contribution >= 0.6 is 0 Å². The molecule has 3 saturated carbocycles. The predicted molar refractivity (Wildman–Crippen MR) is 41.8 cm³/mol. The first kappa shape index (κ1) is 7.10. The summed E-state index contributed by atoms with van der Waals surface area (Å²) in [5.74, 6) is 0.333. The molecule has 0 aromatic carbocycles. The second-order valence-corrected chi connectivity index (χ2v) is 4.00. The van der Waals surface area contributed by atoms with E-state index in [-0.39, 0.29) is 16.9 Å². The number of primary amides is 1. The summed E-state index contributed by atoms with van der Waals surface area (Å²) in [5.41, 5.74) is 5.43. The van der Waals surface area contributed by atoms with Gasteiger partial charge in [-0.3, -0.25) is 4.79 Å². The summed E-state index contributed by atoms with van der Waals surface area (Å²) in [6.45, 7) is 2.11. The van der Waals surface area contributed by atoms with Crippen LogP contribution in [0.4, 0.5) is 0 Å². The number of hydrogen-bond acceptors (Lipinski definition) is 2. The van der Waals surface area contributed by atoms with Gasteiger partial charge in [-0.05, 0) is 25.8 Å². The largest absolute Gasteiger partial charge is 0.369 e. The van der Waals surface area contributed by atoms with E-state index in [1.807, 2.05) is 7.05 Å². The van der Waals surface area contributed by atoms with Gasteiger partial charge >= 0.3 is 0 Å². The fourth-order valence-corrected chi connectivity index (χ4v) is 2.73. The van der Waals surface area contributed by atoms with Crippen LogP contribution in [0.15, 0.2) is 0 Å². The SMILES string of the molecule is CNC12CC(C(N)=O)(C1)[C@@H]2C. The molecule has 1 amide bonds. The Morgan fingerprint density at radius 1 is 1.64 bits per heavy atom. The summed E-state index contributed by atoms with van der Waals surface area (Å²) in [4.78, 5) is 11.0. The van der Waals surface area contributed by atoms with Gasteiger partial charge in [-0.1, -0.05) is 6.92 Å². The monoisotopic (exact) mass is 154 g/mol. The molecule has 3 aliphatic carbocycles. The molecule has 3 nitrogen and oxygen atoms in total. The number of amides is 1. The lowest BCUT2D eigenvalue weighted by Crippen LogP contribution is -2.82. The number of hydrogen-bond donors (Lipinski definition) is 2. The average molecular weight is 154 g/mol. The maximum Gasteiger partial charge on any atom is 0.224 e. The smallest absolute Gasteiger partial charge is 0.224 e. The molecule has 3 aliphatic rings. The maximum absolute atomic E-state index is 11.0. The zero-order chi connectivity index (χ0) is 8.28. The van der Waals surface area contributed by atoms with Gasteiger partial charge in [0.15, 0.2) is 0 Å². The predicted octanol–water partition coefficient (Wildman–Crippen LogP) is -0.140. The number of carbonyl (C=O) groups is 1.